The second kappa shape index (κ2) is 4.68. The molecule has 0 aliphatic heterocycles. The van der Waals surface area contributed by atoms with Crippen LogP contribution in [-0.2, 0) is 0 Å². The molecular weight excluding hydrogens is 200 g/mol. The second-order valence-corrected chi connectivity index (χ2v) is 4.74. The van der Waals surface area contributed by atoms with Crippen molar-refractivity contribution < 1.29 is 0 Å². The third-order valence-electron chi connectivity index (χ3n) is 3.79. The summed E-state index contributed by atoms with van der Waals surface area (Å²) in [5, 5.41) is 3.37. The molecule has 3 N–H and O–H groups in total. The fourth-order valence-electron chi connectivity index (χ4n) is 2.54. The van der Waals surface area contributed by atoms with Crippen molar-refractivity contribution in [2.45, 2.75) is 39.0 Å². The fourth-order valence-corrected chi connectivity index (χ4v) is 2.54. The van der Waals surface area contributed by atoms with E-state index in [1.54, 1.807) is 6.20 Å². The van der Waals surface area contributed by atoms with Gasteiger partial charge in [0.2, 0.25) is 0 Å². The molecule has 16 heavy (non-hydrogen) atoms. The van der Waals surface area contributed by atoms with E-state index in [0.29, 0.717) is 11.1 Å². The molecule has 1 fully saturated rings. The van der Waals surface area contributed by atoms with Gasteiger partial charge in [0.05, 0.1) is 11.9 Å². The van der Waals surface area contributed by atoms with Crippen LogP contribution in [0.15, 0.2) is 12.5 Å². The van der Waals surface area contributed by atoms with Gasteiger partial charge in [0.15, 0.2) is 5.82 Å². The largest absolute Gasteiger partial charge is 0.394 e. The van der Waals surface area contributed by atoms with Crippen LogP contribution in [0.1, 0.15) is 39.0 Å². The van der Waals surface area contributed by atoms with Crippen LogP contribution in [-0.4, -0.2) is 16.5 Å². The third kappa shape index (κ3) is 2.26. The van der Waals surface area contributed by atoms with Gasteiger partial charge in [0.1, 0.15) is 6.33 Å². The molecule has 1 aliphatic carbocycles. The molecule has 1 aromatic heterocycles. The first kappa shape index (κ1) is 11.2. The highest BCUT2D eigenvalue weighted by molar-refractivity contribution is 5.58. The molecule has 88 valence electrons. The summed E-state index contributed by atoms with van der Waals surface area (Å²) in [5.41, 5.74) is 6.89. The zero-order chi connectivity index (χ0) is 11.4. The van der Waals surface area contributed by atoms with Gasteiger partial charge in [-0.25, -0.2) is 9.97 Å². The Bertz CT molecular complexity index is 345. The molecule has 4 heteroatoms. The van der Waals surface area contributed by atoms with Gasteiger partial charge >= 0.3 is 0 Å². The highest BCUT2D eigenvalue weighted by Crippen LogP contribution is 2.40. The van der Waals surface area contributed by atoms with Crippen molar-refractivity contribution in [1.29, 1.82) is 0 Å². The van der Waals surface area contributed by atoms with Crippen LogP contribution in [0.3, 0.4) is 0 Å². The molecule has 0 radical (unpaired) electrons. The molecule has 1 saturated carbocycles. The summed E-state index contributed by atoms with van der Waals surface area (Å²) in [7, 11) is 0. The number of nitrogens with two attached hydrogens (primary N) is 1. The minimum atomic E-state index is 0.456. The van der Waals surface area contributed by atoms with Crippen LogP contribution < -0.4 is 11.1 Å². The number of rotatable bonds is 4. The molecule has 1 aromatic rings. The average Bonchev–Trinajstić information content (AvgIpc) is 2.78. The summed E-state index contributed by atoms with van der Waals surface area (Å²) in [4.78, 5) is 8.04. The maximum atomic E-state index is 5.80. The maximum absolute atomic E-state index is 5.80. The molecule has 0 saturated heterocycles. The number of hydrogen-bond donors (Lipinski definition) is 2. The highest BCUT2D eigenvalue weighted by Gasteiger charge is 2.31. The fraction of sp³-hybridized carbons (Fsp3) is 0.667. The Morgan fingerprint density at radius 3 is 2.81 bits per heavy atom. The van der Waals surface area contributed by atoms with Gasteiger partial charge in [-0.1, -0.05) is 19.8 Å². The van der Waals surface area contributed by atoms with Crippen molar-refractivity contribution in [3.63, 3.8) is 0 Å². The van der Waals surface area contributed by atoms with Gasteiger partial charge in [-0.15, -0.1) is 0 Å². The van der Waals surface area contributed by atoms with E-state index in [1.165, 1.54) is 38.4 Å². The summed E-state index contributed by atoms with van der Waals surface area (Å²) in [6, 6.07) is 0. The molecule has 0 amide bonds. The molecule has 0 unspecified atom stereocenters. The van der Waals surface area contributed by atoms with E-state index in [0.717, 1.165) is 12.4 Å². The maximum Gasteiger partial charge on any atom is 0.152 e. The molecular formula is C12H20N4. The summed E-state index contributed by atoms with van der Waals surface area (Å²) in [5.74, 6) is 0.773. The predicted octanol–water partition coefficient (Wildman–Crippen LogP) is 2.44. The normalized spacial score (nSPS) is 18.6. The van der Waals surface area contributed by atoms with Crippen molar-refractivity contribution in [2.24, 2.45) is 5.41 Å². The molecule has 2 rings (SSSR count). The van der Waals surface area contributed by atoms with E-state index >= 15 is 0 Å². The average molecular weight is 220 g/mol. The van der Waals surface area contributed by atoms with Crippen LogP contribution in [0.25, 0.3) is 0 Å². The lowest BCUT2D eigenvalue weighted by Crippen LogP contribution is -2.26. The van der Waals surface area contributed by atoms with E-state index in [4.69, 9.17) is 5.73 Å². The van der Waals surface area contributed by atoms with Crippen LogP contribution >= 0.6 is 0 Å². The van der Waals surface area contributed by atoms with E-state index in [9.17, 15) is 0 Å². The zero-order valence-electron chi connectivity index (χ0n) is 9.87. The Morgan fingerprint density at radius 2 is 2.19 bits per heavy atom. The SMILES string of the molecule is CCC1(CNc2ncncc2N)CCCC1. The first-order valence-corrected chi connectivity index (χ1v) is 6.05. The smallest absolute Gasteiger partial charge is 0.152 e. The van der Waals surface area contributed by atoms with Crippen molar-refractivity contribution in [3.05, 3.63) is 12.5 Å². The Balaban J connectivity index is 1.98. The Labute approximate surface area is 96.7 Å². The lowest BCUT2D eigenvalue weighted by atomic mass is 9.83. The van der Waals surface area contributed by atoms with E-state index < -0.39 is 0 Å². The van der Waals surface area contributed by atoms with Crippen molar-refractivity contribution in [1.82, 2.24) is 9.97 Å². The van der Waals surface area contributed by atoms with Gasteiger partial charge in [-0.2, -0.15) is 0 Å². The number of aromatic nitrogens is 2. The minimum Gasteiger partial charge on any atom is -0.394 e. The quantitative estimate of drug-likeness (QED) is 0.818. The van der Waals surface area contributed by atoms with E-state index in [2.05, 4.69) is 22.2 Å². The van der Waals surface area contributed by atoms with Crippen molar-refractivity contribution in [3.8, 4) is 0 Å². The molecule has 0 spiro atoms. The van der Waals surface area contributed by atoms with Crippen LogP contribution in [0.2, 0.25) is 0 Å². The molecule has 4 nitrogen and oxygen atoms in total. The minimum absolute atomic E-state index is 0.456. The first-order chi connectivity index (χ1) is 7.76. The van der Waals surface area contributed by atoms with Gasteiger partial charge in [0, 0.05) is 6.54 Å². The lowest BCUT2D eigenvalue weighted by Gasteiger charge is -2.28. The Kier molecular flexibility index (Phi) is 3.27. The van der Waals surface area contributed by atoms with Crippen LogP contribution in [0.4, 0.5) is 11.5 Å². The van der Waals surface area contributed by atoms with Gasteiger partial charge < -0.3 is 11.1 Å². The van der Waals surface area contributed by atoms with Crippen molar-refractivity contribution in [2.75, 3.05) is 17.6 Å². The van der Waals surface area contributed by atoms with Crippen LogP contribution in [0.5, 0.6) is 0 Å². The van der Waals surface area contributed by atoms with Gasteiger partial charge in [0.25, 0.3) is 0 Å². The number of nitrogens with zero attached hydrogens (tertiary/aromatic N) is 2. The molecule has 0 aromatic carbocycles. The number of nitrogen functional groups attached to an aromatic ring is 1. The second-order valence-electron chi connectivity index (χ2n) is 4.74. The summed E-state index contributed by atoms with van der Waals surface area (Å²) in [6.07, 6.45) is 9.76. The molecule has 0 bridgehead atoms. The molecule has 1 heterocycles. The topological polar surface area (TPSA) is 63.8 Å². The number of nitrogens with one attached hydrogen (secondary N) is 1. The number of hydrogen-bond acceptors (Lipinski definition) is 4. The summed E-state index contributed by atoms with van der Waals surface area (Å²) in [6.45, 7) is 3.25. The van der Waals surface area contributed by atoms with E-state index in [-0.39, 0.29) is 0 Å². The van der Waals surface area contributed by atoms with Crippen LogP contribution in [0, 0.1) is 5.41 Å². The van der Waals surface area contributed by atoms with Gasteiger partial charge in [-0.05, 0) is 24.7 Å². The first-order valence-electron chi connectivity index (χ1n) is 6.05. The van der Waals surface area contributed by atoms with E-state index in [1.807, 2.05) is 0 Å². The lowest BCUT2D eigenvalue weighted by molar-refractivity contribution is 0.306. The predicted molar refractivity (Wildman–Crippen MR) is 66.1 cm³/mol. The molecule has 1 aliphatic rings. The zero-order valence-corrected chi connectivity index (χ0v) is 9.87. The standard InChI is InChI=1S/C12H20N4/c1-2-12(5-3-4-6-12)8-15-11-10(13)7-14-9-16-11/h7,9H,2-6,8,13H2,1H3,(H,14,15,16). The van der Waals surface area contributed by atoms with Gasteiger partial charge in [-0.3, -0.25) is 0 Å². The monoisotopic (exact) mass is 220 g/mol. The Hall–Kier alpha value is -1.32. The molecule has 0 atom stereocenters. The highest BCUT2D eigenvalue weighted by atomic mass is 15.0. The van der Waals surface area contributed by atoms with Crippen molar-refractivity contribution >= 4 is 11.5 Å². The summed E-state index contributed by atoms with van der Waals surface area (Å²) >= 11 is 0. The Morgan fingerprint density at radius 1 is 1.44 bits per heavy atom. The third-order valence-corrected chi connectivity index (χ3v) is 3.79. The number of anilines is 2. The summed E-state index contributed by atoms with van der Waals surface area (Å²) < 4.78 is 0.